The highest BCUT2D eigenvalue weighted by atomic mass is 19.3. The molecule has 1 heterocycles. The Morgan fingerprint density at radius 3 is 2.65 bits per heavy atom. The number of benzene rings is 2. The number of halogens is 2. The van der Waals surface area contributed by atoms with Crippen LogP contribution in [0.25, 0.3) is 0 Å². The number of nitrogens with one attached hydrogen (secondary N) is 1. The molecule has 0 spiro atoms. The summed E-state index contributed by atoms with van der Waals surface area (Å²) < 4.78 is 36.1. The number of likely N-dealkylation sites (tertiary alicyclic amines) is 1. The molecule has 2 aromatic rings. The Balaban J connectivity index is 1.52. The molecule has 0 radical (unpaired) electrons. The molecule has 2 N–H and O–H groups in total. The molecule has 1 aliphatic carbocycles. The lowest BCUT2D eigenvalue weighted by Gasteiger charge is -2.22. The SMILES string of the molecule is CC(=O)N1CC(c2ccc(OC(F)F)c(OCC3CC3)c2)CC1C(=O)Nc1cccc(CO)c1. The van der Waals surface area contributed by atoms with E-state index in [9.17, 15) is 23.5 Å². The first-order valence-electron chi connectivity index (χ1n) is 11.3. The summed E-state index contributed by atoms with van der Waals surface area (Å²) >= 11 is 0. The van der Waals surface area contributed by atoms with Gasteiger partial charge in [0, 0.05) is 25.1 Å². The molecule has 9 heteroatoms. The van der Waals surface area contributed by atoms with Crippen molar-refractivity contribution in [2.45, 2.75) is 51.4 Å². The van der Waals surface area contributed by atoms with E-state index in [1.807, 2.05) is 0 Å². The summed E-state index contributed by atoms with van der Waals surface area (Å²) in [6.07, 6.45) is 2.49. The first-order chi connectivity index (χ1) is 16.3. The van der Waals surface area contributed by atoms with Crippen LogP contribution in [-0.2, 0) is 16.2 Å². The molecule has 1 saturated heterocycles. The van der Waals surface area contributed by atoms with Gasteiger partial charge in [0.05, 0.1) is 13.2 Å². The Hall–Kier alpha value is -3.20. The predicted molar refractivity (Wildman–Crippen MR) is 121 cm³/mol. The number of amides is 2. The van der Waals surface area contributed by atoms with Crippen LogP contribution in [0.1, 0.15) is 43.2 Å². The van der Waals surface area contributed by atoms with E-state index in [-0.39, 0.29) is 35.8 Å². The van der Waals surface area contributed by atoms with Crippen molar-refractivity contribution in [1.29, 1.82) is 0 Å². The van der Waals surface area contributed by atoms with Gasteiger partial charge in [-0.1, -0.05) is 18.2 Å². The maximum Gasteiger partial charge on any atom is 0.387 e. The van der Waals surface area contributed by atoms with Gasteiger partial charge in [-0.15, -0.1) is 0 Å². The van der Waals surface area contributed by atoms with Crippen LogP contribution in [0.15, 0.2) is 42.5 Å². The maximum atomic E-state index is 13.0. The Morgan fingerprint density at radius 2 is 1.97 bits per heavy atom. The highest BCUT2D eigenvalue weighted by Crippen LogP contribution is 2.39. The largest absolute Gasteiger partial charge is 0.489 e. The number of carbonyl (C=O) groups excluding carboxylic acids is 2. The topological polar surface area (TPSA) is 88.1 Å². The lowest BCUT2D eigenvalue weighted by molar-refractivity contribution is -0.134. The maximum absolute atomic E-state index is 13.0. The van der Waals surface area contributed by atoms with E-state index in [2.05, 4.69) is 10.1 Å². The normalized spacial score (nSPS) is 19.9. The van der Waals surface area contributed by atoms with Gasteiger partial charge in [-0.2, -0.15) is 8.78 Å². The summed E-state index contributed by atoms with van der Waals surface area (Å²) in [4.78, 5) is 26.9. The van der Waals surface area contributed by atoms with Gasteiger partial charge in [-0.25, -0.2) is 0 Å². The van der Waals surface area contributed by atoms with Gasteiger partial charge < -0.3 is 24.8 Å². The number of ether oxygens (including phenoxy) is 2. The molecule has 182 valence electrons. The second-order valence-electron chi connectivity index (χ2n) is 8.81. The number of rotatable bonds is 9. The molecule has 1 aliphatic heterocycles. The standard InChI is InChI=1S/C25H28F2N2O5/c1-15(31)29-12-19(10-21(29)24(32)28-20-4-2-3-17(9-20)13-30)18-7-8-22(34-25(26)27)23(11-18)33-14-16-5-6-16/h2-4,7-9,11,16,19,21,25,30H,5-6,10,12-14H2,1H3,(H,28,32). The summed E-state index contributed by atoms with van der Waals surface area (Å²) in [5.74, 6) is -0.0793. The number of aliphatic hydroxyl groups is 1. The Labute approximate surface area is 196 Å². The Kier molecular flexibility index (Phi) is 7.31. The quantitative estimate of drug-likeness (QED) is 0.575. The lowest BCUT2D eigenvalue weighted by atomic mass is 9.95. The van der Waals surface area contributed by atoms with E-state index in [0.717, 1.165) is 18.4 Å². The van der Waals surface area contributed by atoms with Gasteiger partial charge >= 0.3 is 6.61 Å². The van der Waals surface area contributed by atoms with Crippen LogP contribution in [0.3, 0.4) is 0 Å². The Morgan fingerprint density at radius 1 is 1.18 bits per heavy atom. The van der Waals surface area contributed by atoms with E-state index >= 15 is 0 Å². The number of anilines is 1. The smallest absolute Gasteiger partial charge is 0.387 e. The predicted octanol–water partition coefficient (Wildman–Crippen LogP) is 3.91. The van der Waals surface area contributed by atoms with Crippen LogP contribution in [0.5, 0.6) is 11.5 Å². The minimum atomic E-state index is -2.97. The number of hydrogen-bond donors (Lipinski definition) is 2. The average molecular weight is 475 g/mol. The summed E-state index contributed by atoms with van der Waals surface area (Å²) in [7, 11) is 0. The van der Waals surface area contributed by atoms with Gasteiger partial charge in [0.2, 0.25) is 11.8 Å². The molecule has 2 aromatic carbocycles. The third-order valence-electron chi connectivity index (χ3n) is 6.21. The molecule has 2 aliphatic rings. The van der Waals surface area contributed by atoms with Crippen LogP contribution in [0, 0.1) is 5.92 Å². The van der Waals surface area contributed by atoms with Gasteiger partial charge in [-0.05, 0) is 60.6 Å². The van der Waals surface area contributed by atoms with Crippen LogP contribution >= 0.6 is 0 Å². The molecule has 2 unspecified atom stereocenters. The van der Waals surface area contributed by atoms with Gasteiger partial charge in [0.15, 0.2) is 11.5 Å². The number of hydrogen-bond acceptors (Lipinski definition) is 5. The van der Waals surface area contributed by atoms with E-state index < -0.39 is 12.7 Å². The molecule has 2 atom stereocenters. The summed E-state index contributed by atoms with van der Waals surface area (Å²) in [6, 6.07) is 11.0. The average Bonchev–Trinajstić information content (AvgIpc) is 3.53. The molecule has 2 amide bonds. The minimum Gasteiger partial charge on any atom is -0.489 e. The highest BCUT2D eigenvalue weighted by molar-refractivity contribution is 5.97. The number of alkyl halides is 2. The zero-order valence-electron chi connectivity index (χ0n) is 18.9. The van der Waals surface area contributed by atoms with Crippen molar-refractivity contribution in [3.63, 3.8) is 0 Å². The first-order valence-corrected chi connectivity index (χ1v) is 11.3. The fourth-order valence-corrected chi connectivity index (χ4v) is 4.22. The molecule has 7 nitrogen and oxygen atoms in total. The van der Waals surface area contributed by atoms with Crippen molar-refractivity contribution in [3.05, 3.63) is 53.6 Å². The molecule has 4 rings (SSSR count). The van der Waals surface area contributed by atoms with Crippen molar-refractivity contribution < 1.29 is 33.0 Å². The van der Waals surface area contributed by atoms with Crippen molar-refractivity contribution in [3.8, 4) is 11.5 Å². The van der Waals surface area contributed by atoms with Crippen molar-refractivity contribution in [2.75, 3.05) is 18.5 Å². The van der Waals surface area contributed by atoms with E-state index in [4.69, 9.17) is 4.74 Å². The summed E-state index contributed by atoms with van der Waals surface area (Å²) in [5, 5.41) is 12.1. The molecule has 0 aromatic heterocycles. The minimum absolute atomic E-state index is 0.0288. The second kappa shape index (κ2) is 10.4. The fraction of sp³-hybridized carbons (Fsp3) is 0.440. The van der Waals surface area contributed by atoms with Crippen LogP contribution in [-0.4, -0.2) is 47.6 Å². The first kappa shape index (κ1) is 23.9. The van der Waals surface area contributed by atoms with Gasteiger partial charge in [0.1, 0.15) is 6.04 Å². The van der Waals surface area contributed by atoms with Gasteiger partial charge in [0.25, 0.3) is 0 Å². The van der Waals surface area contributed by atoms with Crippen LogP contribution < -0.4 is 14.8 Å². The number of carbonyl (C=O) groups is 2. The lowest BCUT2D eigenvalue weighted by Crippen LogP contribution is -2.42. The van der Waals surface area contributed by atoms with Crippen molar-refractivity contribution in [2.24, 2.45) is 5.92 Å². The highest BCUT2D eigenvalue weighted by Gasteiger charge is 2.39. The summed E-state index contributed by atoms with van der Waals surface area (Å²) in [5.41, 5.74) is 1.99. The zero-order valence-corrected chi connectivity index (χ0v) is 18.9. The van der Waals surface area contributed by atoms with Crippen LogP contribution in [0.2, 0.25) is 0 Å². The molecule has 1 saturated carbocycles. The van der Waals surface area contributed by atoms with Crippen LogP contribution in [0.4, 0.5) is 14.5 Å². The molecular weight excluding hydrogens is 446 g/mol. The third kappa shape index (κ3) is 5.83. The van der Waals surface area contributed by atoms with Crippen molar-refractivity contribution in [1.82, 2.24) is 4.90 Å². The third-order valence-corrected chi connectivity index (χ3v) is 6.21. The molecular formula is C25H28F2N2O5. The van der Waals surface area contributed by atoms with E-state index in [1.54, 1.807) is 36.4 Å². The fourth-order valence-electron chi connectivity index (χ4n) is 4.22. The number of nitrogens with zero attached hydrogens (tertiary/aromatic N) is 1. The second-order valence-corrected chi connectivity index (χ2v) is 8.81. The zero-order chi connectivity index (χ0) is 24.2. The van der Waals surface area contributed by atoms with E-state index in [0.29, 0.717) is 36.7 Å². The van der Waals surface area contributed by atoms with Crippen molar-refractivity contribution >= 4 is 17.5 Å². The number of aliphatic hydroxyl groups excluding tert-OH is 1. The molecule has 34 heavy (non-hydrogen) atoms. The monoisotopic (exact) mass is 474 g/mol. The Bertz CT molecular complexity index is 1040. The van der Waals surface area contributed by atoms with E-state index in [1.165, 1.54) is 17.9 Å². The summed E-state index contributed by atoms with van der Waals surface area (Å²) in [6.45, 7) is -0.942. The molecule has 0 bridgehead atoms. The van der Waals surface area contributed by atoms with Gasteiger partial charge in [-0.3, -0.25) is 9.59 Å². The molecule has 2 fully saturated rings.